The number of nitrogens with two attached hydrogens (primary N) is 1. The van der Waals surface area contributed by atoms with Gasteiger partial charge in [0.2, 0.25) is 0 Å². The largest absolute Gasteiger partial charge is 0.488 e. The fraction of sp³-hybridized carbons (Fsp3) is 0.273. The molecule has 2 N–H and O–H groups in total. The van der Waals surface area contributed by atoms with Crippen molar-refractivity contribution in [2.24, 2.45) is 11.1 Å². The van der Waals surface area contributed by atoms with Gasteiger partial charge in [-0.25, -0.2) is 0 Å². The van der Waals surface area contributed by atoms with E-state index in [0.29, 0.717) is 42.2 Å². The van der Waals surface area contributed by atoms with Crippen LogP contribution in [0.5, 0.6) is 5.75 Å². The van der Waals surface area contributed by atoms with Crippen LogP contribution in [-0.2, 0) is 11.4 Å². The number of allylic oxidation sites excluding steroid dienone is 3. The molecule has 0 bridgehead atoms. The number of halogens is 1. The van der Waals surface area contributed by atoms with Gasteiger partial charge in [-0.15, -0.1) is 0 Å². The van der Waals surface area contributed by atoms with Gasteiger partial charge in [-0.2, -0.15) is 5.26 Å². The Morgan fingerprint density at radius 1 is 1.12 bits per heavy atom. The van der Waals surface area contributed by atoms with Gasteiger partial charge in [0.25, 0.3) is 5.69 Å². The molecule has 0 aromatic heterocycles. The molecule has 42 heavy (non-hydrogen) atoms. The van der Waals surface area contributed by atoms with Gasteiger partial charge in [-0.1, -0.05) is 44.2 Å². The SMILES string of the molecule is Cc1cc(C)c(C2C(C#N)=C(N)N(c3cccc([N+](=O)[O-])c3)C3=C2C(=O)CC(C)(C)C3)cc1COc1ccccc1Br. The van der Waals surface area contributed by atoms with Crippen molar-refractivity contribution in [3.8, 4) is 11.8 Å². The maximum atomic E-state index is 14.0. The second kappa shape index (κ2) is 11.1. The van der Waals surface area contributed by atoms with Gasteiger partial charge >= 0.3 is 0 Å². The van der Waals surface area contributed by atoms with E-state index in [0.717, 1.165) is 26.7 Å². The number of nitriles is 1. The Balaban J connectivity index is 1.68. The number of nitrogens with zero attached hydrogens (tertiary/aromatic N) is 3. The first-order valence-electron chi connectivity index (χ1n) is 13.6. The number of para-hydroxylation sites is 1. The van der Waals surface area contributed by atoms with E-state index in [1.807, 2.05) is 64.1 Å². The molecule has 1 atom stereocenters. The first-order chi connectivity index (χ1) is 19.9. The number of Topliss-reactive ketones (excluding diaryl/α,β-unsaturated/α-hetero) is 1. The van der Waals surface area contributed by atoms with Crippen molar-refractivity contribution in [3.63, 3.8) is 0 Å². The van der Waals surface area contributed by atoms with Crippen LogP contribution in [0.15, 0.2) is 87.8 Å². The summed E-state index contributed by atoms with van der Waals surface area (Å²) < 4.78 is 6.97. The van der Waals surface area contributed by atoms with E-state index in [1.165, 1.54) is 12.1 Å². The highest BCUT2D eigenvalue weighted by molar-refractivity contribution is 9.10. The summed E-state index contributed by atoms with van der Waals surface area (Å²) in [5.41, 5.74) is 11.8. The lowest BCUT2D eigenvalue weighted by Crippen LogP contribution is -2.42. The van der Waals surface area contributed by atoms with Crippen molar-refractivity contribution in [1.82, 2.24) is 0 Å². The number of anilines is 1. The Kier molecular flexibility index (Phi) is 7.69. The van der Waals surface area contributed by atoms with Crippen LogP contribution in [-0.4, -0.2) is 10.7 Å². The fourth-order valence-electron chi connectivity index (χ4n) is 5.96. The Morgan fingerprint density at radius 2 is 1.86 bits per heavy atom. The zero-order chi connectivity index (χ0) is 30.3. The molecule has 1 aliphatic heterocycles. The highest BCUT2D eigenvalue weighted by Crippen LogP contribution is 2.51. The molecule has 5 rings (SSSR count). The lowest BCUT2D eigenvalue weighted by Gasteiger charge is -2.44. The third-order valence-electron chi connectivity index (χ3n) is 7.94. The van der Waals surface area contributed by atoms with Crippen molar-refractivity contribution >= 4 is 33.1 Å². The summed E-state index contributed by atoms with van der Waals surface area (Å²) in [6, 6.07) is 20.1. The number of rotatable bonds is 6. The summed E-state index contributed by atoms with van der Waals surface area (Å²) in [5.74, 6) is 0.137. The van der Waals surface area contributed by atoms with Gasteiger partial charge in [0.1, 0.15) is 18.2 Å². The van der Waals surface area contributed by atoms with Gasteiger partial charge in [-0.3, -0.25) is 19.8 Å². The molecule has 214 valence electrons. The van der Waals surface area contributed by atoms with Crippen LogP contribution in [0.3, 0.4) is 0 Å². The second-order valence-corrected chi connectivity index (χ2v) is 12.5. The highest BCUT2D eigenvalue weighted by Gasteiger charge is 2.45. The van der Waals surface area contributed by atoms with E-state index >= 15 is 0 Å². The number of nitro groups is 1. The minimum absolute atomic E-state index is 0.0621. The summed E-state index contributed by atoms with van der Waals surface area (Å²) in [6.07, 6.45) is 0.822. The van der Waals surface area contributed by atoms with E-state index in [9.17, 15) is 20.2 Å². The average Bonchev–Trinajstić information content (AvgIpc) is 2.92. The number of hydrogen-bond acceptors (Lipinski definition) is 7. The Morgan fingerprint density at radius 3 is 2.55 bits per heavy atom. The van der Waals surface area contributed by atoms with Gasteiger partial charge < -0.3 is 10.5 Å². The van der Waals surface area contributed by atoms with Gasteiger partial charge in [0, 0.05) is 29.8 Å². The molecule has 3 aromatic carbocycles. The van der Waals surface area contributed by atoms with E-state index < -0.39 is 10.8 Å². The van der Waals surface area contributed by atoms with E-state index in [-0.39, 0.29) is 28.3 Å². The Hall–Kier alpha value is -4.42. The summed E-state index contributed by atoms with van der Waals surface area (Å²) in [6.45, 7) is 8.31. The van der Waals surface area contributed by atoms with E-state index in [4.69, 9.17) is 10.5 Å². The third kappa shape index (κ3) is 5.30. The van der Waals surface area contributed by atoms with Crippen molar-refractivity contribution in [1.29, 1.82) is 5.26 Å². The van der Waals surface area contributed by atoms with Crippen LogP contribution in [0.2, 0.25) is 0 Å². The number of nitro benzene ring substituents is 1. The molecule has 0 radical (unpaired) electrons. The molecule has 1 aliphatic carbocycles. The minimum Gasteiger partial charge on any atom is -0.488 e. The normalized spacial score (nSPS) is 18.0. The zero-order valence-corrected chi connectivity index (χ0v) is 25.5. The number of aryl methyl sites for hydroxylation is 2. The van der Waals surface area contributed by atoms with Crippen LogP contribution in [0.1, 0.15) is 54.9 Å². The fourth-order valence-corrected chi connectivity index (χ4v) is 6.36. The van der Waals surface area contributed by atoms with Gasteiger partial charge in [-0.05, 0) is 82.1 Å². The maximum absolute atomic E-state index is 14.0. The molecule has 0 amide bonds. The molecule has 1 heterocycles. The maximum Gasteiger partial charge on any atom is 0.271 e. The molecular weight excluding hydrogens is 596 g/mol. The molecule has 8 nitrogen and oxygen atoms in total. The lowest BCUT2D eigenvalue weighted by atomic mass is 9.68. The zero-order valence-electron chi connectivity index (χ0n) is 23.9. The highest BCUT2D eigenvalue weighted by atomic mass is 79.9. The minimum atomic E-state index is -0.675. The van der Waals surface area contributed by atoms with E-state index in [2.05, 4.69) is 22.0 Å². The number of non-ortho nitro benzene ring substituents is 1. The van der Waals surface area contributed by atoms with Crippen molar-refractivity contribution < 1.29 is 14.5 Å². The molecule has 0 saturated heterocycles. The van der Waals surface area contributed by atoms with Crippen LogP contribution < -0.4 is 15.4 Å². The van der Waals surface area contributed by atoms with Crippen molar-refractivity contribution in [2.45, 2.75) is 53.1 Å². The van der Waals surface area contributed by atoms with Crippen LogP contribution in [0.4, 0.5) is 11.4 Å². The monoisotopic (exact) mass is 626 g/mol. The molecule has 1 unspecified atom stereocenters. The Labute approximate surface area is 253 Å². The Bertz CT molecular complexity index is 1730. The summed E-state index contributed by atoms with van der Waals surface area (Å²) in [4.78, 5) is 26.7. The molecule has 3 aromatic rings. The number of carbonyl (C=O) groups excluding carboxylic acids is 1. The van der Waals surface area contributed by atoms with Gasteiger partial charge in [0.05, 0.1) is 32.6 Å². The van der Waals surface area contributed by atoms with Crippen LogP contribution in [0, 0.1) is 40.7 Å². The van der Waals surface area contributed by atoms with Crippen LogP contribution >= 0.6 is 15.9 Å². The summed E-state index contributed by atoms with van der Waals surface area (Å²) in [7, 11) is 0. The summed E-state index contributed by atoms with van der Waals surface area (Å²) >= 11 is 3.53. The van der Waals surface area contributed by atoms with E-state index in [1.54, 1.807) is 17.0 Å². The molecular formula is C33H31BrN4O4. The van der Waals surface area contributed by atoms with Crippen LogP contribution in [0.25, 0.3) is 0 Å². The predicted molar refractivity (Wildman–Crippen MR) is 165 cm³/mol. The van der Waals surface area contributed by atoms with Crippen molar-refractivity contribution in [3.05, 3.63) is 120 Å². The topological polar surface area (TPSA) is 122 Å². The van der Waals surface area contributed by atoms with Crippen molar-refractivity contribution in [2.75, 3.05) is 4.90 Å². The van der Waals surface area contributed by atoms with Gasteiger partial charge in [0.15, 0.2) is 5.78 Å². The average molecular weight is 628 g/mol. The number of ether oxygens (including phenoxy) is 1. The number of hydrogen-bond donors (Lipinski definition) is 1. The molecule has 0 saturated carbocycles. The second-order valence-electron chi connectivity index (χ2n) is 11.6. The lowest BCUT2D eigenvalue weighted by molar-refractivity contribution is -0.384. The molecule has 0 fully saturated rings. The summed E-state index contributed by atoms with van der Waals surface area (Å²) in [5, 5.41) is 22.1. The number of benzene rings is 3. The quantitative estimate of drug-likeness (QED) is 0.222. The molecule has 9 heteroatoms. The third-order valence-corrected chi connectivity index (χ3v) is 8.59. The molecule has 0 spiro atoms. The molecule has 2 aliphatic rings. The predicted octanol–water partition coefficient (Wildman–Crippen LogP) is 7.49. The standard InChI is InChI=1S/C33H31BrN4O4/c1-19-12-20(2)24(13-21(19)18-42-29-11-6-5-10-26(29)34)30-25(17-35)32(36)37(22-8-7-9-23(14-22)38(40)41)27-15-33(3,4)16-28(39)31(27)30/h5-14,30H,15-16,18,36H2,1-4H3. The smallest absolute Gasteiger partial charge is 0.271 e. The number of carbonyl (C=O) groups is 1. The number of ketones is 1. The first kappa shape index (κ1) is 29.1. The first-order valence-corrected chi connectivity index (χ1v) is 14.4.